The number of hydrogen-bond donors (Lipinski definition) is 1. The number of nitrogens with one attached hydrogen (secondary N) is 1. The van der Waals surface area contributed by atoms with Crippen LogP contribution in [-0.4, -0.2) is 25.7 Å². The van der Waals surface area contributed by atoms with Crippen LogP contribution in [0.1, 0.15) is 38.5 Å². The summed E-state index contributed by atoms with van der Waals surface area (Å²) in [6.07, 6.45) is 9.53. The second-order valence-corrected chi connectivity index (χ2v) is 4.80. The number of methoxy groups -OCH3 is 1. The van der Waals surface area contributed by atoms with Crippen LogP contribution in [0.15, 0.2) is 11.6 Å². The van der Waals surface area contributed by atoms with Crippen LogP contribution >= 0.6 is 0 Å². The van der Waals surface area contributed by atoms with E-state index in [2.05, 4.69) is 11.4 Å². The molecule has 90 valence electrons. The zero-order valence-corrected chi connectivity index (χ0v) is 10.00. The van der Waals surface area contributed by atoms with Crippen LogP contribution in [0.5, 0.6) is 0 Å². The minimum absolute atomic E-state index is 0.0630. The first-order chi connectivity index (χ1) is 7.81. The highest BCUT2D eigenvalue weighted by molar-refractivity contribution is 5.76. The Kier molecular flexibility index (Phi) is 3.99. The molecule has 1 atom stereocenters. The normalized spacial score (nSPS) is 21.7. The van der Waals surface area contributed by atoms with Crippen LogP contribution in [0.2, 0.25) is 0 Å². The Balaban J connectivity index is 1.71. The lowest BCUT2D eigenvalue weighted by atomic mass is 10.1. The average Bonchev–Trinajstić information content (AvgIpc) is 3.00. The van der Waals surface area contributed by atoms with E-state index in [-0.39, 0.29) is 12.0 Å². The van der Waals surface area contributed by atoms with E-state index in [9.17, 15) is 4.79 Å². The van der Waals surface area contributed by atoms with Crippen LogP contribution in [0, 0.1) is 5.92 Å². The number of hydrogen-bond acceptors (Lipinski definition) is 3. The molecule has 0 aromatic carbocycles. The van der Waals surface area contributed by atoms with Gasteiger partial charge in [-0.1, -0.05) is 11.6 Å². The number of carbonyl (C=O) groups is 1. The third-order valence-electron chi connectivity index (χ3n) is 3.49. The molecule has 0 bridgehead atoms. The van der Waals surface area contributed by atoms with Crippen molar-refractivity contribution < 1.29 is 9.53 Å². The van der Waals surface area contributed by atoms with Gasteiger partial charge in [0.2, 0.25) is 0 Å². The summed E-state index contributed by atoms with van der Waals surface area (Å²) in [6.45, 7) is 0.905. The van der Waals surface area contributed by atoms with Crippen LogP contribution in [0.4, 0.5) is 0 Å². The fraction of sp³-hybridized carbons (Fsp3) is 0.769. The molecule has 1 saturated carbocycles. The number of esters is 1. The summed E-state index contributed by atoms with van der Waals surface area (Å²) in [5.74, 6) is 0.424. The van der Waals surface area contributed by atoms with Crippen molar-refractivity contribution in [1.82, 2.24) is 5.32 Å². The van der Waals surface area contributed by atoms with Crippen LogP contribution in [-0.2, 0) is 9.53 Å². The first-order valence-corrected chi connectivity index (χ1v) is 6.30. The molecule has 0 aliphatic heterocycles. The third kappa shape index (κ3) is 3.08. The van der Waals surface area contributed by atoms with E-state index >= 15 is 0 Å². The van der Waals surface area contributed by atoms with E-state index in [1.807, 2.05) is 0 Å². The molecule has 0 saturated heterocycles. The van der Waals surface area contributed by atoms with Gasteiger partial charge in [0.1, 0.15) is 6.04 Å². The van der Waals surface area contributed by atoms with Crippen molar-refractivity contribution in [2.75, 3.05) is 13.7 Å². The molecule has 0 radical (unpaired) electrons. The van der Waals surface area contributed by atoms with Gasteiger partial charge in [-0.2, -0.15) is 0 Å². The number of allylic oxidation sites excluding steroid dienone is 1. The van der Waals surface area contributed by atoms with E-state index in [0.29, 0.717) is 5.92 Å². The molecule has 1 N–H and O–H groups in total. The zero-order valence-electron chi connectivity index (χ0n) is 10.00. The number of rotatable bonds is 6. The molecule has 2 rings (SSSR count). The van der Waals surface area contributed by atoms with Crippen molar-refractivity contribution in [1.29, 1.82) is 0 Å². The molecule has 0 heterocycles. The first kappa shape index (κ1) is 11.6. The Bertz CT molecular complexity index is 282. The maximum absolute atomic E-state index is 11.5. The lowest BCUT2D eigenvalue weighted by Gasteiger charge is -2.15. The van der Waals surface area contributed by atoms with Crippen molar-refractivity contribution in [2.24, 2.45) is 5.92 Å². The Morgan fingerprint density at radius 1 is 1.62 bits per heavy atom. The highest BCUT2D eigenvalue weighted by atomic mass is 16.5. The summed E-state index contributed by atoms with van der Waals surface area (Å²) in [5, 5.41) is 3.34. The topological polar surface area (TPSA) is 38.3 Å². The maximum atomic E-state index is 11.5. The smallest absolute Gasteiger partial charge is 0.323 e. The Morgan fingerprint density at radius 2 is 2.44 bits per heavy atom. The van der Waals surface area contributed by atoms with Crippen molar-refractivity contribution in [3.63, 3.8) is 0 Å². The lowest BCUT2D eigenvalue weighted by molar-refractivity contribution is -0.143. The van der Waals surface area contributed by atoms with Crippen molar-refractivity contribution in [3.05, 3.63) is 11.6 Å². The summed E-state index contributed by atoms with van der Waals surface area (Å²) in [4.78, 5) is 11.5. The molecule has 0 spiro atoms. The Hall–Kier alpha value is -0.830. The molecule has 2 aliphatic rings. The summed E-state index contributed by atoms with van der Waals surface area (Å²) < 4.78 is 4.82. The third-order valence-corrected chi connectivity index (χ3v) is 3.49. The highest BCUT2D eigenvalue weighted by Crippen LogP contribution is 2.33. The van der Waals surface area contributed by atoms with Crippen molar-refractivity contribution in [3.8, 4) is 0 Å². The molecule has 16 heavy (non-hydrogen) atoms. The van der Waals surface area contributed by atoms with Gasteiger partial charge in [-0.3, -0.25) is 4.79 Å². The monoisotopic (exact) mass is 223 g/mol. The SMILES string of the molecule is COC(=O)C(NCCC1=CCCC1)C1CC1. The van der Waals surface area contributed by atoms with Crippen molar-refractivity contribution >= 4 is 5.97 Å². The van der Waals surface area contributed by atoms with Crippen LogP contribution < -0.4 is 5.32 Å². The molecular weight excluding hydrogens is 202 g/mol. The average molecular weight is 223 g/mol. The first-order valence-electron chi connectivity index (χ1n) is 6.30. The Morgan fingerprint density at radius 3 is 3.00 bits per heavy atom. The number of carbonyl (C=O) groups excluding carboxylic acids is 1. The second kappa shape index (κ2) is 5.48. The quantitative estimate of drug-likeness (QED) is 0.553. The zero-order chi connectivity index (χ0) is 11.4. The predicted molar refractivity (Wildman–Crippen MR) is 63.1 cm³/mol. The van der Waals surface area contributed by atoms with E-state index < -0.39 is 0 Å². The van der Waals surface area contributed by atoms with Crippen LogP contribution in [0.3, 0.4) is 0 Å². The summed E-state index contributed by atoms with van der Waals surface area (Å²) in [5.41, 5.74) is 1.55. The minimum Gasteiger partial charge on any atom is -0.468 e. The molecule has 2 aliphatic carbocycles. The molecule has 3 heteroatoms. The van der Waals surface area contributed by atoms with Gasteiger partial charge in [0.15, 0.2) is 0 Å². The van der Waals surface area contributed by atoms with Gasteiger partial charge in [0, 0.05) is 0 Å². The summed E-state index contributed by atoms with van der Waals surface area (Å²) in [6, 6.07) is -0.0630. The molecule has 1 fully saturated rings. The summed E-state index contributed by atoms with van der Waals surface area (Å²) >= 11 is 0. The lowest BCUT2D eigenvalue weighted by Crippen LogP contribution is -2.40. The summed E-state index contributed by atoms with van der Waals surface area (Å²) in [7, 11) is 1.47. The molecule has 0 aromatic rings. The van der Waals surface area contributed by atoms with Gasteiger partial charge in [-0.05, 0) is 51.0 Å². The van der Waals surface area contributed by atoms with Gasteiger partial charge in [-0.25, -0.2) is 0 Å². The molecule has 0 amide bonds. The fourth-order valence-corrected chi connectivity index (χ4v) is 2.35. The van der Waals surface area contributed by atoms with Gasteiger partial charge < -0.3 is 10.1 Å². The minimum atomic E-state index is -0.0945. The van der Waals surface area contributed by atoms with Gasteiger partial charge in [0.05, 0.1) is 7.11 Å². The largest absolute Gasteiger partial charge is 0.468 e. The predicted octanol–water partition coefficient (Wildman–Crippen LogP) is 2.03. The molecule has 3 nitrogen and oxygen atoms in total. The molecular formula is C13H21NO2. The van der Waals surface area contributed by atoms with Crippen molar-refractivity contribution in [2.45, 2.75) is 44.6 Å². The highest BCUT2D eigenvalue weighted by Gasteiger charge is 2.36. The van der Waals surface area contributed by atoms with E-state index in [1.54, 1.807) is 5.57 Å². The Labute approximate surface area is 97.2 Å². The number of ether oxygens (including phenoxy) is 1. The van der Waals surface area contributed by atoms with Gasteiger partial charge in [0.25, 0.3) is 0 Å². The standard InChI is InChI=1S/C13H21NO2/c1-16-13(15)12(11-6-7-11)14-9-8-10-4-2-3-5-10/h4,11-12,14H,2-3,5-9H2,1H3. The molecule has 1 unspecified atom stereocenters. The fourth-order valence-electron chi connectivity index (χ4n) is 2.35. The second-order valence-electron chi connectivity index (χ2n) is 4.80. The van der Waals surface area contributed by atoms with E-state index in [1.165, 1.54) is 26.4 Å². The van der Waals surface area contributed by atoms with E-state index in [4.69, 9.17) is 4.74 Å². The maximum Gasteiger partial charge on any atom is 0.323 e. The van der Waals surface area contributed by atoms with Gasteiger partial charge in [-0.15, -0.1) is 0 Å². The molecule has 0 aromatic heterocycles. The van der Waals surface area contributed by atoms with Crippen LogP contribution in [0.25, 0.3) is 0 Å². The van der Waals surface area contributed by atoms with E-state index in [0.717, 1.165) is 25.8 Å². The van der Waals surface area contributed by atoms with Gasteiger partial charge >= 0.3 is 5.97 Å².